The number of carbonyl (C=O) groups is 2. The molecule has 0 aromatic rings. The predicted molar refractivity (Wildman–Crippen MR) is 84.8 cm³/mol. The van der Waals surface area contributed by atoms with Crippen LogP contribution < -0.4 is 11.1 Å². The fourth-order valence-corrected chi connectivity index (χ4v) is 5.04. The zero-order valence-electron chi connectivity index (χ0n) is 13.6. The number of nitrogens with one attached hydrogen (secondary N) is 1. The van der Waals surface area contributed by atoms with Gasteiger partial charge >= 0.3 is 12.1 Å². The third-order valence-corrected chi connectivity index (χ3v) is 5.91. The fourth-order valence-electron chi connectivity index (χ4n) is 5.04. The van der Waals surface area contributed by atoms with E-state index in [2.05, 4.69) is 5.32 Å². The van der Waals surface area contributed by atoms with Gasteiger partial charge in [0.25, 0.3) is 0 Å². The van der Waals surface area contributed by atoms with Crippen LogP contribution in [-0.2, 0) is 9.53 Å². The van der Waals surface area contributed by atoms with E-state index in [0.29, 0.717) is 31.2 Å². The van der Waals surface area contributed by atoms with Crippen LogP contribution in [-0.4, -0.2) is 35.9 Å². The number of rotatable bonds is 7. The van der Waals surface area contributed by atoms with Crippen molar-refractivity contribution in [1.82, 2.24) is 5.32 Å². The summed E-state index contributed by atoms with van der Waals surface area (Å²) in [5.74, 6) is 1.92. The van der Waals surface area contributed by atoms with Gasteiger partial charge in [0.15, 0.2) is 0 Å². The quantitative estimate of drug-likeness (QED) is 0.623. The minimum Gasteiger partial charge on any atom is -0.480 e. The van der Waals surface area contributed by atoms with Crippen LogP contribution >= 0.6 is 0 Å². The van der Waals surface area contributed by atoms with Crippen LogP contribution in [0.15, 0.2) is 0 Å². The van der Waals surface area contributed by atoms with Gasteiger partial charge in [-0.2, -0.15) is 0 Å². The van der Waals surface area contributed by atoms with E-state index in [-0.39, 0.29) is 12.2 Å². The van der Waals surface area contributed by atoms with Crippen LogP contribution in [0, 0.1) is 23.7 Å². The van der Waals surface area contributed by atoms with Crippen molar-refractivity contribution < 1.29 is 19.4 Å². The van der Waals surface area contributed by atoms with Crippen LogP contribution in [0.2, 0.25) is 0 Å². The molecule has 130 valence electrons. The molecule has 4 aliphatic rings. The summed E-state index contributed by atoms with van der Waals surface area (Å²) in [4.78, 5) is 22.6. The molecular weight excluding hydrogens is 296 g/mol. The molecule has 0 aromatic heterocycles. The molecule has 6 heteroatoms. The van der Waals surface area contributed by atoms with Gasteiger partial charge in [-0.05, 0) is 75.0 Å². The summed E-state index contributed by atoms with van der Waals surface area (Å²) < 4.78 is 5.72. The average Bonchev–Trinajstić information content (AvgIpc) is 2.49. The number of carbonyl (C=O) groups excluding carboxylic acids is 1. The Morgan fingerprint density at radius 3 is 2.26 bits per heavy atom. The van der Waals surface area contributed by atoms with Crippen LogP contribution in [0.25, 0.3) is 0 Å². The molecule has 6 nitrogen and oxygen atoms in total. The van der Waals surface area contributed by atoms with E-state index in [9.17, 15) is 9.59 Å². The Labute approximate surface area is 137 Å². The number of hydrogen-bond acceptors (Lipinski definition) is 4. The normalized spacial score (nSPS) is 35.8. The van der Waals surface area contributed by atoms with Crippen LogP contribution in [0.3, 0.4) is 0 Å². The molecule has 4 saturated carbocycles. The van der Waals surface area contributed by atoms with Crippen LogP contribution in [0.1, 0.15) is 51.4 Å². The first-order valence-corrected chi connectivity index (χ1v) is 8.95. The molecule has 4 rings (SSSR count). The molecule has 1 amide bonds. The second kappa shape index (κ2) is 7.07. The maximum Gasteiger partial charge on any atom is 0.407 e. The lowest BCUT2D eigenvalue weighted by Crippen LogP contribution is -2.50. The lowest BCUT2D eigenvalue weighted by Gasteiger charge is -2.53. The maximum atomic E-state index is 12.0. The molecule has 0 aliphatic heterocycles. The fraction of sp³-hybridized carbons (Fsp3) is 0.882. The molecule has 4 aliphatic carbocycles. The minimum atomic E-state index is -0.973. The van der Waals surface area contributed by atoms with Crippen molar-refractivity contribution in [3.05, 3.63) is 0 Å². The third kappa shape index (κ3) is 3.97. The van der Waals surface area contributed by atoms with Gasteiger partial charge in [-0.25, -0.2) is 4.79 Å². The number of alkyl carbamates (subject to hydrolysis) is 1. The number of hydrogen-bond donors (Lipinski definition) is 3. The van der Waals surface area contributed by atoms with Gasteiger partial charge < -0.3 is 20.9 Å². The molecule has 4 fully saturated rings. The Balaban J connectivity index is 1.33. The number of amides is 1. The number of aliphatic carboxylic acids is 1. The molecule has 0 saturated heterocycles. The SMILES string of the molecule is N[C@@H](CCCCNC(=O)OC1C2CC3CC(C2)CC1C3)C(=O)O. The third-order valence-electron chi connectivity index (χ3n) is 5.91. The summed E-state index contributed by atoms with van der Waals surface area (Å²) in [7, 11) is 0. The summed E-state index contributed by atoms with van der Waals surface area (Å²) in [5.41, 5.74) is 5.44. The molecular formula is C17H28N2O4. The van der Waals surface area contributed by atoms with Gasteiger partial charge in [0.1, 0.15) is 12.1 Å². The lowest BCUT2D eigenvalue weighted by molar-refractivity contribution is -0.138. The topological polar surface area (TPSA) is 102 Å². The van der Waals surface area contributed by atoms with Gasteiger partial charge in [0, 0.05) is 6.54 Å². The number of nitrogens with two attached hydrogens (primary N) is 1. The highest BCUT2D eigenvalue weighted by Crippen LogP contribution is 2.54. The second-order valence-corrected chi connectivity index (χ2v) is 7.67. The molecule has 0 heterocycles. The van der Waals surface area contributed by atoms with Crippen molar-refractivity contribution in [2.45, 2.75) is 63.5 Å². The van der Waals surface area contributed by atoms with E-state index >= 15 is 0 Å². The Morgan fingerprint density at radius 2 is 1.70 bits per heavy atom. The Bertz CT molecular complexity index is 426. The highest BCUT2D eigenvalue weighted by Gasteiger charge is 2.49. The molecule has 0 aromatic carbocycles. The standard InChI is InChI=1S/C17H28N2O4/c18-14(16(20)21)3-1-2-4-19-17(22)23-15-12-6-10-5-11(8-12)9-13(15)7-10/h10-15H,1-9,18H2,(H,19,22)(H,20,21)/t10?,11?,12?,13?,14-,15?/m0/s1. The van der Waals surface area contributed by atoms with Crippen LogP contribution in [0.4, 0.5) is 4.79 Å². The molecule has 0 unspecified atom stereocenters. The van der Waals surface area contributed by atoms with Gasteiger partial charge in [-0.1, -0.05) is 0 Å². The van der Waals surface area contributed by atoms with E-state index < -0.39 is 12.0 Å². The molecule has 23 heavy (non-hydrogen) atoms. The van der Waals surface area contributed by atoms with Crippen molar-refractivity contribution in [1.29, 1.82) is 0 Å². The van der Waals surface area contributed by atoms with Crippen molar-refractivity contribution >= 4 is 12.1 Å². The lowest BCUT2D eigenvalue weighted by atomic mass is 9.55. The van der Waals surface area contributed by atoms with Gasteiger partial charge in [0.2, 0.25) is 0 Å². The predicted octanol–water partition coefficient (Wildman–Crippen LogP) is 2.12. The second-order valence-electron chi connectivity index (χ2n) is 7.67. The number of ether oxygens (including phenoxy) is 1. The molecule has 4 N–H and O–H groups in total. The van der Waals surface area contributed by atoms with Gasteiger partial charge in [0.05, 0.1) is 0 Å². The largest absolute Gasteiger partial charge is 0.480 e. The summed E-state index contributed by atoms with van der Waals surface area (Å²) in [6, 6.07) is -0.810. The van der Waals surface area contributed by atoms with Gasteiger partial charge in [-0.3, -0.25) is 4.79 Å². The number of unbranched alkanes of at least 4 members (excludes halogenated alkanes) is 1. The first-order valence-electron chi connectivity index (χ1n) is 8.95. The Kier molecular flexibility index (Phi) is 5.09. The summed E-state index contributed by atoms with van der Waals surface area (Å²) in [5, 5.41) is 11.5. The van der Waals surface area contributed by atoms with E-state index in [1.54, 1.807) is 0 Å². The first-order chi connectivity index (χ1) is 11.0. The highest BCUT2D eigenvalue weighted by atomic mass is 16.6. The molecule has 0 spiro atoms. The van der Waals surface area contributed by atoms with E-state index in [0.717, 1.165) is 18.3 Å². The molecule has 0 radical (unpaired) electrons. The first kappa shape index (κ1) is 16.6. The Morgan fingerprint density at radius 1 is 1.09 bits per heavy atom. The van der Waals surface area contributed by atoms with Crippen LogP contribution in [0.5, 0.6) is 0 Å². The molecule has 4 bridgehead atoms. The van der Waals surface area contributed by atoms with Crippen molar-refractivity contribution in [2.75, 3.05) is 6.54 Å². The van der Waals surface area contributed by atoms with E-state index in [4.69, 9.17) is 15.6 Å². The monoisotopic (exact) mass is 324 g/mol. The summed E-state index contributed by atoms with van der Waals surface area (Å²) in [6.45, 7) is 0.512. The number of carboxylic acids is 1. The summed E-state index contributed by atoms with van der Waals surface area (Å²) in [6.07, 6.45) is 7.97. The summed E-state index contributed by atoms with van der Waals surface area (Å²) >= 11 is 0. The van der Waals surface area contributed by atoms with E-state index in [1.807, 2.05) is 0 Å². The van der Waals surface area contributed by atoms with E-state index in [1.165, 1.54) is 32.1 Å². The highest BCUT2D eigenvalue weighted by molar-refractivity contribution is 5.72. The zero-order chi connectivity index (χ0) is 16.4. The number of carboxylic acid groups (broad SMARTS) is 1. The maximum absolute atomic E-state index is 12.0. The average molecular weight is 324 g/mol. The smallest absolute Gasteiger partial charge is 0.407 e. The van der Waals surface area contributed by atoms with Crippen molar-refractivity contribution in [2.24, 2.45) is 29.4 Å². The van der Waals surface area contributed by atoms with Gasteiger partial charge in [-0.15, -0.1) is 0 Å². The molecule has 1 atom stereocenters. The zero-order valence-corrected chi connectivity index (χ0v) is 13.6. The minimum absolute atomic E-state index is 0.114. The van der Waals surface area contributed by atoms with Crippen molar-refractivity contribution in [3.63, 3.8) is 0 Å². The van der Waals surface area contributed by atoms with Crippen molar-refractivity contribution in [3.8, 4) is 0 Å². The Hall–Kier alpha value is -1.30.